The molecule has 0 bridgehead atoms. The summed E-state index contributed by atoms with van der Waals surface area (Å²) in [6, 6.07) is 1.01. The number of likely N-dealkylation sites (N-methyl/N-ethyl adjacent to an activating group) is 1. The van der Waals surface area contributed by atoms with Gasteiger partial charge in [-0.2, -0.15) is 0 Å². The van der Waals surface area contributed by atoms with E-state index in [1.165, 1.54) is 19.4 Å². The van der Waals surface area contributed by atoms with Crippen LogP contribution in [0.4, 0.5) is 0 Å². The van der Waals surface area contributed by atoms with Crippen LogP contribution in [0.2, 0.25) is 0 Å². The van der Waals surface area contributed by atoms with Crippen LogP contribution in [0, 0.1) is 0 Å². The molecule has 5 heteroatoms. The summed E-state index contributed by atoms with van der Waals surface area (Å²) in [6.45, 7) is 6.33. The van der Waals surface area contributed by atoms with Gasteiger partial charge in [-0.05, 0) is 33.4 Å². The smallest absolute Gasteiger partial charge is 0.110 e. The van der Waals surface area contributed by atoms with Gasteiger partial charge in [0.1, 0.15) is 5.82 Å². The number of nitrogens with zero attached hydrogens (tertiary/aromatic N) is 3. The van der Waals surface area contributed by atoms with Gasteiger partial charge >= 0.3 is 0 Å². The van der Waals surface area contributed by atoms with Crippen molar-refractivity contribution in [1.82, 2.24) is 19.8 Å². The third kappa shape index (κ3) is 2.75. The first-order valence-electron chi connectivity index (χ1n) is 7.84. The second-order valence-electron chi connectivity index (χ2n) is 5.89. The minimum atomic E-state index is 0.274. The second kappa shape index (κ2) is 6.24. The van der Waals surface area contributed by atoms with Crippen LogP contribution in [0.25, 0.3) is 0 Å². The van der Waals surface area contributed by atoms with Crippen LogP contribution in [0.15, 0.2) is 12.4 Å². The molecular formula is C15H26N4O. The molecule has 0 spiro atoms. The first-order valence-corrected chi connectivity index (χ1v) is 7.84. The number of imidazole rings is 1. The molecule has 3 unspecified atom stereocenters. The van der Waals surface area contributed by atoms with Crippen LogP contribution < -0.4 is 5.32 Å². The standard InChI is InChI=1S/C15H26N4O/c1-3-18-8-6-17-15(18)9-13(16-2)14-10-19-7-4-5-12(19)11-20-14/h6,8,12-14,16H,3-5,7,9-11H2,1-2H3. The van der Waals surface area contributed by atoms with E-state index in [-0.39, 0.29) is 6.10 Å². The van der Waals surface area contributed by atoms with Crippen LogP contribution in [-0.4, -0.2) is 59.4 Å². The molecule has 3 rings (SSSR count). The van der Waals surface area contributed by atoms with Gasteiger partial charge in [0.2, 0.25) is 0 Å². The number of hydrogen-bond donors (Lipinski definition) is 1. The predicted octanol–water partition coefficient (Wildman–Crippen LogP) is 0.897. The molecule has 0 amide bonds. The van der Waals surface area contributed by atoms with Crippen LogP contribution >= 0.6 is 0 Å². The van der Waals surface area contributed by atoms with Crippen molar-refractivity contribution in [2.24, 2.45) is 0 Å². The van der Waals surface area contributed by atoms with Crippen molar-refractivity contribution < 1.29 is 4.74 Å². The molecular weight excluding hydrogens is 252 g/mol. The lowest BCUT2D eigenvalue weighted by Gasteiger charge is -2.38. The predicted molar refractivity (Wildman–Crippen MR) is 78.8 cm³/mol. The molecule has 0 radical (unpaired) electrons. The largest absolute Gasteiger partial charge is 0.374 e. The van der Waals surface area contributed by atoms with E-state index in [0.717, 1.165) is 31.9 Å². The highest BCUT2D eigenvalue weighted by atomic mass is 16.5. The third-order valence-corrected chi connectivity index (χ3v) is 4.78. The zero-order valence-electron chi connectivity index (χ0n) is 12.6. The zero-order valence-corrected chi connectivity index (χ0v) is 12.6. The van der Waals surface area contributed by atoms with Crippen LogP contribution in [-0.2, 0) is 17.7 Å². The van der Waals surface area contributed by atoms with E-state index in [2.05, 4.69) is 32.9 Å². The fraction of sp³-hybridized carbons (Fsp3) is 0.800. The van der Waals surface area contributed by atoms with E-state index in [1.54, 1.807) is 0 Å². The number of fused-ring (bicyclic) bond motifs is 1. The van der Waals surface area contributed by atoms with Crippen molar-refractivity contribution in [2.45, 2.75) is 50.9 Å². The summed E-state index contributed by atoms with van der Waals surface area (Å²) in [5, 5.41) is 3.44. The molecule has 2 aliphatic heterocycles. The quantitative estimate of drug-likeness (QED) is 0.869. The SMILES string of the molecule is CCn1ccnc1CC(NC)C1CN2CCCC2CO1. The Morgan fingerprint density at radius 2 is 2.45 bits per heavy atom. The normalized spacial score (nSPS) is 28.5. The summed E-state index contributed by atoms with van der Waals surface area (Å²) < 4.78 is 8.34. The monoisotopic (exact) mass is 278 g/mol. The summed E-state index contributed by atoms with van der Waals surface area (Å²) in [4.78, 5) is 7.09. The number of ether oxygens (including phenoxy) is 1. The Bertz CT molecular complexity index is 433. The summed E-state index contributed by atoms with van der Waals surface area (Å²) in [5.41, 5.74) is 0. The molecule has 1 aromatic rings. The maximum Gasteiger partial charge on any atom is 0.110 e. The molecule has 0 saturated carbocycles. The molecule has 3 atom stereocenters. The minimum Gasteiger partial charge on any atom is -0.374 e. The summed E-state index contributed by atoms with van der Waals surface area (Å²) in [5.74, 6) is 1.15. The molecule has 20 heavy (non-hydrogen) atoms. The van der Waals surface area contributed by atoms with Crippen molar-refractivity contribution in [2.75, 3.05) is 26.7 Å². The van der Waals surface area contributed by atoms with Gasteiger partial charge in [0.05, 0.1) is 12.7 Å². The van der Waals surface area contributed by atoms with Gasteiger partial charge in [-0.1, -0.05) is 0 Å². The summed E-state index contributed by atoms with van der Waals surface area (Å²) >= 11 is 0. The van der Waals surface area contributed by atoms with Crippen LogP contribution in [0.5, 0.6) is 0 Å². The fourth-order valence-corrected chi connectivity index (χ4v) is 3.52. The van der Waals surface area contributed by atoms with E-state index in [9.17, 15) is 0 Å². The van der Waals surface area contributed by atoms with Gasteiger partial charge < -0.3 is 14.6 Å². The van der Waals surface area contributed by atoms with Gasteiger partial charge in [-0.3, -0.25) is 4.90 Å². The lowest BCUT2D eigenvalue weighted by Crippen LogP contribution is -2.54. The lowest BCUT2D eigenvalue weighted by atomic mass is 10.0. The van der Waals surface area contributed by atoms with Crippen molar-refractivity contribution in [3.8, 4) is 0 Å². The maximum absolute atomic E-state index is 6.13. The number of aromatic nitrogens is 2. The van der Waals surface area contributed by atoms with Gasteiger partial charge in [0.15, 0.2) is 0 Å². The number of aryl methyl sites for hydroxylation is 1. The molecule has 0 aliphatic carbocycles. The Balaban J connectivity index is 1.64. The Morgan fingerprint density at radius 3 is 3.25 bits per heavy atom. The Morgan fingerprint density at radius 1 is 1.55 bits per heavy atom. The molecule has 1 N–H and O–H groups in total. The molecule has 2 fully saturated rings. The molecule has 2 saturated heterocycles. The maximum atomic E-state index is 6.13. The van der Waals surface area contributed by atoms with Gasteiger partial charge in [-0.25, -0.2) is 4.98 Å². The topological polar surface area (TPSA) is 42.3 Å². The average Bonchev–Trinajstić information content (AvgIpc) is 3.12. The Kier molecular flexibility index (Phi) is 4.38. The summed E-state index contributed by atoms with van der Waals surface area (Å²) in [7, 11) is 2.03. The Labute approximate surface area is 121 Å². The summed E-state index contributed by atoms with van der Waals surface area (Å²) in [6.07, 6.45) is 7.78. The molecule has 5 nitrogen and oxygen atoms in total. The molecule has 3 heterocycles. The van der Waals surface area contributed by atoms with E-state index >= 15 is 0 Å². The number of rotatable bonds is 5. The number of morpholine rings is 1. The van der Waals surface area contributed by atoms with Crippen LogP contribution in [0.3, 0.4) is 0 Å². The number of hydrogen-bond acceptors (Lipinski definition) is 4. The minimum absolute atomic E-state index is 0.274. The molecule has 1 aromatic heterocycles. The first kappa shape index (κ1) is 14.0. The highest BCUT2D eigenvalue weighted by Gasteiger charge is 2.35. The van der Waals surface area contributed by atoms with Gasteiger partial charge in [-0.15, -0.1) is 0 Å². The lowest BCUT2D eigenvalue weighted by molar-refractivity contribution is -0.0637. The van der Waals surface area contributed by atoms with E-state index in [1.807, 2.05) is 13.2 Å². The van der Waals surface area contributed by atoms with Crippen molar-refractivity contribution in [3.63, 3.8) is 0 Å². The van der Waals surface area contributed by atoms with Gasteiger partial charge in [0, 0.05) is 44.0 Å². The van der Waals surface area contributed by atoms with E-state index < -0.39 is 0 Å². The van der Waals surface area contributed by atoms with Crippen molar-refractivity contribution in [3.05, 3.63) is 18.2 Å². The Hall–Kier alpha value is -0.910. The number of nitrogens with one attached hydrogen (secondary N) is 1. The highest BCUT2D eigenvalue weighted by Crippen LogP contribution is 2.24. The first-order chi connectivity index (χ1) is 9.81. The zero-order chi connectivity index (χ0) is 13.9. The van der Waals surface area contributed by atoms with Crippen LogP contribution in [0.1, 0.15) is 25.6 Å². The van der Waals surface area contributed by atoms with Gasteiger partial charge in [0.25, 0.3) is 0 Å². The second-order valence-corrected chi connectivity index (χ2v) is 5.89. The van der Waals surface area contributed by atoms with Crippen molar-refractivity contribution >= 4 is 0 Å². The third-order valence-electron chi connectivity index (χ3n) is 4.78. The van der Waals surface area contributed by atoms with E-state index in [0.29, 0.717) is 12.1 Å². The molecule has 2 aliphatic rings. The van der Waals surface area contributed by atoms with E-state index in [4.69, 9.17) is 4.74 Å². The van der Waals surface area contributed by atoms with Crippen molar-refractivity contribution in [1.29, 1.82) is 0 Å². The molecule has 112 valence electrons. The average molecular weight is 278 g/mol. The highest BCUT2D eigenvalue weighted by molar-refractivity contribution is 4.99. The fourth-order valence-electron chi connectivity index (χ4n) is 3.52. The molecule has 0 aromatic carbocycles.